The normalized spacial score (nSPS) is 16.7. The average Bonchev–Trinajstić information content (AvgIpc) is 3.39. The minimum Gasteiger partial charge on any atom is -0.338 e. The topological polar surface area (TPSA) is 98.2 Å². The number of nitrogens with zero attached hydrogens (tertiary/aromatic N) is 5. The highest BCUT2D eigenvalue weighted by molar-refractivity contribution is 5.94. The van der Waals surface area contributed by atoms with Crippen LogP contribution in [0.4, 0.5) is 10.1 Å². The quantitative estimate of drug-likeness (QED) is 0.488. The van der Waals surface area contributed by atoms with E-state index in [4.69, 9.17) is 4.52 Å². The van der Waals surface area contributed by atoms with Gasteiger partial charge in [0.05, 0.1) is 23.5 Å². The second kappa shape index (κ2) is 8.86. The summed E-state index contributed by atoms with van der Waals surface area (Å²) in [5, 5.41) is 6.99. The molecule has 2 aromatic heterocycles. The Balaban J connectivity index is 1.23. The molecule has 1 N–H and O–H groups in total. The zero-order valence-corrected chi connectivity index (χ0v) is 19.0. The van der Waals surface area contributed by atoms with E-state index in [1.54, 1.807) is 35.4 Å². The first-order valence-electron chi connectivity index (χ1n) is 11.2. The predicted molar refractivity (Wildman–Crippen MR) is 124 cm³/mol. The molecule has 1 atom stereocenters. The van der Waals surface area contributed by atoms with E-state index in [0.29, 0.717) is 36.1 Å². The lowest BCUT2D eigenvalue weighted by atomic mass is 9.97. The SMILES string of the molecule is Cn1c(=O)n(C)c2cc(NC(=O)C3CCCN(Cc4nc(-c5ccc(F)cc5)no4)C3)ccc21. The lowest BCUT2D eigenvalue weighted by Crippen LogP contribution is -2.40. The fraction of sp³-hybridized carbons (Fsp3) is 0.333. The number of hydrogen-bond donors (Lipinski definition) is 1. The number of piperidine rings is 1. The molecular formula is C24H25FN6O3. The molecule has 0 saturated carbocycles. The Hall–Kier alpha value is -3.79. The van der Waals surface area contributed by atoms with Gasteiger partial charge in [-0.05, 0) is 61.9 Å². The Bertz CT molecular complexity index is 1400. The first-order chi connectivity index (χ1) is 16.4. The van der Waals surface area contributed by atoms with Gasteiger partial charge in [-0.2, -0.15) is 4.98 Å². The Kier molecular flexibility index (Phi) is 5.74. The van der Waals surface area contributed by atoms with Crippen molar-refractivity contribution >= 4 is 22.6 Å². The van der Waals surface area contributed by atoms with Crippen LogP contribution in [0.2, 0.25) is 0 Å². The summed E-state index contributed by atoms with van der Waals surface area (Å²) < 4.78 is 21.7. The second-order valence-corrected chi connectivity index (χ2v) is 8.69. The van der Waals surface area contributed by atoms with E-state index >= 15 is 0 Å². The highest BCUT2D eigenvalue weighted by Gasteiger charge is 2.27. The number of benzene rings is 2. The molecule has 0 radical (unpaired) electrons. The molecule has 176 valence electrons. The van der Waals surface area contributed by atoms with Crippen LogP contribution in [-0.2, 0) is 25.4 Å². The summed E-state index contributed by atoms with van der Waals surface area (Å²) in [7, 11) is 3.44. The largest absolute Gasteiger partial charge is 0.338 e. The van der Waals surface area contributed by atoms with E-state index in [1.807, 2.05) is 18.2 Å². The third-order valence-corrected chi connectivity index (χ3v) is 6.35. The summed E-state index contributed by atoms with van der Waals surface area (Å²) in [6, 6.07) is 11.4. The molecule has 1 unspecified atom stereocenters. The van der Waals surface area contributed by atoms with Gasteiger partial charge in [0.15, 0.2) is 0 Å². The third kappa shape index (κ3) is 4.24. The van der Waals surface area contributed by atoms with Crippen molar-refractivity contribution in [3.05, 3.63) is 64.7 Å². The summed E-state index contributed by atoms with van der Waals surface area (Å²) in [4.78, 5) is 31.7. The van der Waals surface area contributed by atoms with Crippen molar-refractivity contribution in [2.45, 2.75) is 19.4 Å². The molecule has 1 amide bonds. The lowest BCUT2D eigenvalue weighted by molar-refractivity contribution is -0.121. The number of aryl methyl sites for hydroxylation is 2. The minimum absolute atomic E-state index is 0.0532. The number of anilines is 1. The molecule has 9 nitrogen and oxygen atoms in total. The summed E-state index contributed by atoms with van der Waals surface area (Å²) >= 11 is 0. The summed E-state index contributed by atoms with van der Waals surface area (Å²) in [6.07, 6.45) is 1.67. The number of nitrogens with one attached hydrogen (secondary N) is 1. The van der Waals surface area contributed by atoms with E-state index in [9.17, 15) is 14.0 Å². The molecule has 0 aliphatic carbocycles. The van der Waals surface area contributed by atoms with Crippen molar-refractivity contribution in [2.24, 2.45) is 20.0 Å². The van der Waals surface area contributed by atoms with Crippen LogP contribution in [0.25, 0.3) is 22.4 Å². The van der Waals surface area contributed by atoms with Crippen molar-refractivity contribution in [1.82, 2.24) is 24.2 Å². The maximum Gasteiger partial charge on any atom is 0.328 e. The first-order valence-corrected chi connectivity index (χ1v) is 11.2. The predicted octanol–water partition coefficient (Wildman–Crippen LogP) is 2.92. The van der Waals surface area contributed by atoms with Crippen LogP contribution in [0.15, 0.2) is 51.8 Å². The molecule has 1 aliphatic heterocycles. The number of carbonyl (C=O) groups is 1. The monoisotopic (exact) mass is 464 g/mol. The van der Waals surface area contributed by atoms with Gasteiger partial charge in [-0.15, -0.1) is 0 Å². The van der Waals surface area contributed by atoms with Gasteiger partial charge in [0.25, 0.3) is 0 Å². The van der Waals surface area contributed by atoms with Crippen molar-refractivity contribution in [3.8, 4) is 11.4 Å². The van der Waals surface area contributed by atoms with Crippen LogP contribution in [0, 0.1) is 11.7 Å². The zero-order valence-electron chi connectivity index (χ0n) is 19.0. The fourth-order valence-corrected chi connectivity index (χ4v) is 4.47. The van der Waals surface area contributed by atoms with Crippen LogP contribution in [-0.4, -0.2) is 43.2 Å². The number of hydrogen-bond acceptors (Lipinski definition) is 6. The van der Waals surface area contributed by atoms with Crippen molar-refractivity contribution < 1.29 is 13.7 Å². The maximum absolute atomic E-state index is 13.1. The molecule has 2 aromatic carbocycles. The number of aromatic nitrogens is 4. The molecule has 5 rings (SSSR count). The summed E-state index contributed by atoms with van der Waals surface area (Å²) in [5.74, 6) is 0.312. The Morgan fingerprint density at radius 3 is 2.71 bits per heavy atom. The van der Waals surface area contributed by atoms with Crippen LogP contribution >= 0.6 is 0 Å². The first kappa shape index (κ1) is 22.0. The lowest BCUT2D eigenvalue weighted by Gasteiger charge is -2.30. The van der Waals surface area contributed by atoms with Crippen molar-refractivity contribution in [2.75, 3.05) is 18.4 Å². The van der Waals surface area contributed by atoms with E-state index in [0.717, 1.165) is 30.4 Å². The van der Waals surface area contributed by atoms with Gasteiger partial charge in [0, 0.05) is 31.9 Å². The van der Waals surface area contributed by atoms with E-state index in [1.165, 1.54) is 12.1 Å². The van der Waals surface area contributed by atoms with Gasteiger partial charge in [-0.1, -0.05) is 5.16 Å². The average molecular weight is 465 g/mol. The molecule has 34 heavy (non-hydrogen) atoms. The molecular weight excluding hydrogens is 439 g/mol. The summed E-state index contributed by atoms with van der Waals surface area (Å²) in [5.41, 5.74) is 2.82. The number of likely N-dealkylation sites (tertiary alicyclic amines) is 1. The molecule has 0 bridgehead atoms. The molecule has 1 fully saturated rings. The standard InChI is InChI=1S/C24H25FN6O3/c1-29-19-10-9-18(12-20(19)30(2)24(29)33)26-23(32)16-4-3-11-31(13-16)14-21-27-22(28-34-21)15-5-7-17(25)8-6-15/h5-10,12,16H,3-4,11,13-14H2,1-2H3,(H,26,32). The molecule has 3 heterocycles. The molecule has 4 aromatic rings. The van der Waals surface area contributed by atoms with E-state index in [-0.39, 0.29) is 23.3 Å². The van der Waals surface area contributed by atoms with Crippen LogP contribution in [0.1, 0.15) is 18.7 Å². The molecule has 0 spiro atoms. The van der Waals surface area contributed by atoms with Crippen molar-refractivity contribution in [3.63, 3.8) is 0 Å². The van der Waals surface area contributed by atoms with E-state index in [2.05, 4.69) is 20.4 Å². The third-order valence-electron chi connectivity index (χ3n) is 6.35. The number of imidazole rings is 1. The smallest absolute Gasteiger partial charge is 0.328 e. The highest BCUT2D eigenvalue weighted by atomic mass is 19.1. The molecule has 10 heteroatoms. The number of amides is 1. The zero-order chi connectivity index (χ0) is 23.8. The number of carbonyl (C=O) groups excluding carboxylic acids is 1. The van der Waals surface area contributed by atoms with Gasteiger partial charge in [0.2, 0.25) is 17.6 Å². The van der Waals surface area contributed by atoms with Crippen LogP contribution < -0.4 is 11.0 Å². The number of fused-ring (bicyclic) bond motifs is 1. The summed E-state index contributed by atoms with van der Waals surface area (Å²) in [6.45, 7) is 1.85. The van der Waals surface area contributed by atoms with Gasteiger partial charge in [-0.25, -0.2) is 9.18 Å². The van der Waals surface area contributed by atoms with Gasteiger partial charge in [0.1, 0.15) is 5.82 Å². The van der Waals surface area contributed by atoms with Crippen molar-refractivity contribution in [1.29, 1.82) is 0 Å². The van der Waals surface area contributed by atoms with Crippen LogP contribution in [0.5, 0.6) is 0 Å². The molecule has 1 aliphatic rings. The van der Waals surface area contributed by atoms with Crippen LogP contribution in [0.3, 0.4) is 0 Å². The fourth-order valence-electron chi connectivity index (χ4n) is 4.47. The molecule has 1 saturated heterocycles. The Morgan fingerprint density at radius 2 is 1.91 bits per heavy atom. The Morgan fingerprint density at radius 1 is 1.15 bits per heavy atom. The van der Waals surface area contributed by atoms with Gasteiger partial charge in [-0.3, -0.25) is 18.8 Å². The van der Waals surface area contributed by atoms with Gasteiger partial charge < -0.3 is 9.84 Å². The number of halogens is 1. The van der Waals surface area contributed by atoms with Gasteiger partial charge >= 0.3 is 5.69 Å². The minimum atomic E-state index is -0.321. The Labute approximate surface area is 194 Å². The number of rotatable bonds is 5. The van der Waals surface area contributed by atoms with E-state index < -0.39 is 0 Å². The second-order valence-electron chi connectivity index (χ2n) is 8.69. The highest BCUT2D eigenvalue weighted by Crippen LogP contribution is 2.23. The maximum atomic E-state index is 13.1.